The third-order valence-corrected chi connectivity index (χ3v) is 5.94. The third kappa shape index (κ3) is 7.30. The lowest BCUT2D eigenvalue weighted by Crippen LogP contribution is -2.33. The highest BCUT2D eigenvalue weighted by atomic mass is 35.5. The number of carboxylic acids is 1. The summed E-state index contributed by atoms with van der Waals surface area (Å²) in [6.07, 6.45) is 0. The summed E-state index contributed by atoms with van der Waals surface area (Å²) in [7, 11) is 1.47. The predicted octanol–water partition coefficient (Wildman–Crippen LogP) is 5.36. The number of anilines is 1. The number of benzene rings is 4. The van der Waals surface area contributed by atoms with E-state index in [0.717, 1.165) is 5.56 Å². The number of hydrogen-bond acceptors (Lipinski definition) is 6. The molecule has 40 heavy (non-hydrogen) atoms. The van der Waals surface area contributed by atoms with Gasteiger partial charge in [0.25, 0.3) is 0 Å². The fraction of sp³-hybridized carbons (Fsp3) is 0.100. The van der Waals surface area contributed by atoms with Crippen LogP contribution in [0.3, 0.4) is 0 Å². The number of methoxy groups -OCH3 is 1. The minimum atomic E-state index is -1.11. The van der Waals surface area contributed by atoms with Gasteiger partial charge in [-0.1, -0.05) is 48.5 Å². The van der Waals surface area contributed by atoms with Gasteiger partial charge in [0, 0.05) is 17.8 Å². The lowest BCUT2D eigenvalue weighted by molar-refractivity contribution is -0.122. The average molecular weight is 561 g/mol. The van der Waals surface area contributed by atoms with E-state index in [1.807, 2.05) is 30.3 Å². The van der Waals surface area contributed by atoms with Crippen molar-refractivity contribution in [2.75, 3.05) is 12.4 Å². The number of rotatable bonds is 11. The number of carbonyl (C=O) groups excluding carboxylic acids is 1. The second-order valence-electron chi connectivity index (χ2n) is 8.59. The molecule has 206 valence electrons. The zero-order valence-corrected chi connectivity index (χ0v) is 22.4. The number of para-hydroxylation sites is 1. The van der Waals surface area contributed by atoms with Crippen molar-refractivity contribution in [3.05, 3.63) is 119 Å². The van der Waals surface area contributed by atoms with Crippen LogP contribution in [0.15, 0.2) is 97.1 Å². The predicted molar refractivity (Wildman–Crippen MR) is 156 cm³/mol. The van der Waals surface area contributed by atoms with Gasteiger partial charge in [-0.15, -0.1) is 12.4 Å². The molecule has 0 aromatic heterocycles. The number of carboxylic acid groups (broad SMARTS) is 1. The summed E-state index contributed by atoms with van der Waals surface area (Å²) in [6, 6.07) is 26.9. The largest absolute Gasteiger partial charge is 0.493 e. The van der Waals surface area contributed by atoms with Crippen LogP contribution in [0.2, 0.25) is 0 Å². The van der Waals surface area contributed by atoms with Crippen molar-refractivity contribution in [2.24, 2.45) is 5.73 Å². The molecule has 9 nitrogen and oxygen atoms in total. The molecule has 0 saturated carbocycles. The Hall–Kier alpha value is -5.02. The first-order valence-electron chi connectivity index (χ1n) is 12.1. The Balaban J connectivity index is 0.00000441. The Morgan fingerprint density at radius 1 is 0.900 bits per heavy atom. The quantitative estimate of drug-likeness (QED) is 0.122. The molecule has 0 spiro atoms. The van der Waals surface area contributed by atoms with Crippen LogP contribution >= 0.6 is 12.4 Å². The van der Waals surface area contributed by atoms with Crippen LogP contribution in [0.1, 0.15) is 33.1 Å². The van der Waals surface area contributed by atoms with E-state index in [9.17, 15) is 14.7 Å². The van der Waals surface area contributed by atoms with Crippen molar-refractivity contribution in [3.63, 3.8) is 0 Å². The molecule has 0 bridgehead atoms. The van der Waals surface area contributed by atoms with E-state index in [4.69, 9.17) is 20.6 Å². The van der Waals surface area contributed by atoms with Crippen LogP contribution in [-0.4, -0.2) is 29.9 Å². The monoisotopic (exact) mass is 560 g/mol. The van der Waals surface area contributed by atoms with Crippen molar-refractivity contribution in [3.8, 4) is 17.2 Å². The molecule has 4 aromatic carbocycles. The first-order valence-corrected chi connectivity index (χ1v) is 12.1. The van der Waals surface area contributed by atoms with Gasteiger partial charge in [0.15, 0.2) is 11.5 Å². The molecule has 4 rings (SSSR count). The normalized spacial score (nSPS) is 10.9. The van der Waals surface area contributed by atoms with Gasteiger partial charge in [0.1, 0.15) is 23.2 Å². The molecule has 0 heterocycles. The smallest absolute Gasteiger partial charge is 0.339 e. The number of nitrogens with two attached hydrogens (primary N) is 1. The highest BCUT2D eigenvalue weighted by molar-refractivity contribution is 5.95. The second kappa shape index (κ2) is 13.7. The van der Waals surface area contributed by atoms with Crippen LogP contribution in [0, 0.1) is 5.41 Å². The topological polar surface area (TPSA) is 147 Å². The molecule has 0 saturated heterocycles. The van der Waals surface area contributed by atoms with E-state index in [0.29, 0.717) is 34.9 Å². The SMILES string of the molecule is COc1cc(C(Nc2ccc(C(=N)N)cc2)C(=O)NCc2ccccc2)ccc1Oc1ccccc1C(=O)O.Cl. The third-order valence-electron chi connectivity index (χ3n) is 5.94. The fourth-order valence-corrected chi connectivity index (χ4v) is 3.90. The second-order valence-corrected chi connectivity index (χ2v) is 8.59. The molecular formula is C30H29ClN4O5. The Bertz CT molecular complexity index is 1480. The number of amides is 1. The van der Waals surface area contributed by atoms with Gasteiger partial charge in [0.2, 0.25) is 5.91 Å². The maximum Gasteiger partial charge on any atom is 0.339 e. The standard InChI is InChI=1S/C30H28N4O5.ClH/c1-38-26-17-21(13-16-25(26)39-24-10-6-5-9-23(24)30(36)37)27(29(35)33-18-19-7-3-2-4-8-19)34-22-14-11-20(12-15-22)28(31)32;/h2-17,27,34H,18H2,1H3,(H3,31,32)(H,33,35)(H,36,37);1H. The Morgan fingerprint density at radius 3 is 2.23 bits per heavy atom. The molecule has 0 aliphatic carbocycles. The van der Waals surface area contributed by atoms with Crippen molar-refractivity contribution < 1.29 is 24.2 Å². The maximum atomic E-state index is 13.4. The molecule has 0 fully saturated rings. The first-order chi connectivity index (χ1) is 18.9. The molecule has 1 atom stereocenters. The number of aromatic carboxylic acids is 1. The van der Waals surface area contributed by atoms with E-state index in [1.165, 1.54) is 13.2 Å². The molecule has 1 amide bonds. The summed E-state index contributed by atoms with van der Waals surface area (Å²) < 4.78 is 11.4. The van der Waals surface area contributed by atoms with Gasteiger partial charge in [0.05, 0.1) is 7.11 Å². The Kier molecular flexibility index (Phi) is 10.1. The number of ether oxygens (including phenoxy) is 2. The van der Waals surface area contributed by atoms with E-state index in [1.54, 1.807) is 60.7 Å². The number of nitrogens with one attached hydrogen (secondary N) is 3. The number of nitrogen functional groups attached to an aromatic ring is 1. The minimum absolute atomic E-state index is 0. The lowest BCUT2D eigenvalue weighted by Gasteiger charge is -2.22. The lowest BCUT2D eigenvalue weighted by atomic mass is 10.0. The van der Waals surface area contributed by atoms with E-state index in [-0.39, 0.29) is 35.5 Å². The van der Waals surface area contributed by atoms with Crippen molar-refractivity contribution in [1.29, 1.82) is 5.41 Å². The summed E-state index contributed by atoms with van der Waals surface area (Å²) in [5.74, 6) is -0.662. The van der Waals surface area contributed by atoms with Crippen LogP contribution in [0.25, 0.3) is 0 Å². The number of halogens is 1. The Labute approximate surface area is 237 Å². The van der Waals surface area contributed by atoms with Gasteiger partial charge in [-0.2, -0.15) is 0 Å². The first kappa shape index (κ1) is 29.5. The van der Waals surface area contributed by atoms with Crippen LogP contribution in [0.4, 0.5) is 5.69 Å². The average Bonchev–Trinajstić information content (AvgIpc) is 2.96. The summed E-state index contributed by atoms with van der Waals surface area (Å²) >= 11 is 0. The number of hydrogen-bond donors (Lipinski definition) is 5. The van der Waals surface area contributed by atoms with Crippen molar-refractivity contribution >= 4 is 35.8 Å². The van der Waals surface area contributed by atoms with E-state index < -0.39 is 12.0 Å². The molecule has 4 aromatic rings. The van der Waals surface area contributed by atoms with Gasteiger partial charge in [-0.3, -0.25) is 10.2 Å². The molecule has 6 N–H and O–H groups in total. The highest BCUT2D eigenvalue weighted by Crippen LogP contribution is 2.36. The van der Waals surface area contributed by atoms with Crippen LogP contribution in [0.5, 0.6) is 17.2 Å². The summed E-state index contributed by atoms with van der Waals surface area (Å²) in [4.78, 5) is 25.0. The van der Waals surface area contributed by atoms with E-state index >= 15 is 0 Å². The summed E-state index contributed by atoms with van der Waals surface area (Å²) in [5, 5.41) is 23.3. The molecular weight excluding hydrogens is 532 g/mol. The van der Waals surface area contributed by atoms with Crippen molar-refractivity contribution in [2.45, 2.75) is 12.6 Å². The van der Waals surface area contributed by atoms with E-state index in [2.05, 4.69) is 10.6 Å². The molecule has 10 heteroatoms. The molecule has 0 aliphatic heterocycles. The number of amidine groups is 1. The number of carbonyl (C=O) groups is 2. The molecule has 0 aliphatic rings. The summed E-state index contributed by atoms with van der Waals surface area (Å²) in [5.41, 5.74) is 8.33. The van der Waals surface area contributed by atoms with Gasteiger partial charge < -0.3 is 30.9 Å². The maximum absolute atomic E-state index is 13.4. The van der Waals surface area contributed by atoms with Crippen LogP contribution < -0.4 is 25.8 Å². The summed E-state index contributed by atoms with van der Waals surface area (Å²) in [6.45, 7) is 0.339. The molecule has 0 radical (unpaired) electrons. The van der Waals surface area contributed by atoms with Gasteiger partial charge in [-0.05, 0) is 59.7 Å². The molecule has 1 unspecified atom stereocenters. The minimum Gasteiger partial charge on any atom is -0.493 e. The zero-order chi connectivity index (χ0) is 27.8. The van der Waals surface area contributed by atoms with Crippen molar-refractivity contribution in [1.82, 2.24) is 5.32 Å². The van der Waals surface area contributed by atoms with Gasteiger partial charge in [-0.25, -0.2) is 4.79 Å². The zero-order valence-electron chi connectivity index (χ0n) is 21.6. The Morgan fingerprint density at radius 2 is 1.57 bits per heavy atom. The fourth-order valence-electron chi connectivity index (χ4n) is 3.90. The van der Waals surface area contributed by atoms with Crippen LogP contribution in [-0.2, 0) is 11.3 Å². The van der Waals surface area contributed by atoms with Gasteiger partial charge >= 0.3 is 5.97 Å². The highest BCUT2D eigenvalue weighted by Gasteiger charge is 2.23.